The van der Waals surface area contributed by atoms with Crippen LogP contribution in [-0.4, -0.2) is 52.0 Å². The molecule has 0 N–H and O–H groups in total. The van der Waals surface area contributed by atoms with Crippen LogP contribution in [-0.2, 0) is 11.3 Å². The second kappa shape index (κ2) is 8.86. The first-order valence-electron chi connectivity index (χ1n) is 10.6. The summed E-state index contributed by atoms with van der Waals surface area (Å²) in [5.74, 6) is 1.70. The predicted molar refractivity (Wildman–Crippen MR) is 108 cm³/mol. The van der Waals surface area contributed by atoms with Crippen LogP contribution in [0.4, 0.5) is 0 Å². The zero-order valence-corrected chi connectivity index (χ0v) is 16.8. The van der Waals surface area contributed by atoms with Crippen LogP contribution in [0, 0.1) is 12.8 Å². The van der Waals surface area contributed by atoms with Crippen molar-refractivity contribution in [1.29, 1.82) is 0 Å². The number of piperidine rings is 1. The molecule has 4 rings (SSSR count). The van der Waals surface area contributed by atoms with Gasteiger partial charge in [0, 0.05) is 25.2 Å². The number of benzene rings is 1. The van der Waals surface area contributed by atoms with Crippen molar-refractivity contribution in [3.05, 3.63) is 35.7 Å². The van der Waals surface area contributed by atoms with Gasteiger partial charge in [0.2, 0.25) is 17.6 Å². The summed E-state index contributed by atoms with van der Waals surface area (Å²) in [4.78, 5) is 21.9. The van der Waals surface area contributed by atoms with Gasteiger partial charge < -0.3 is 9.42 Å². The molecule has 1 atom stereocenters. The number of likely N-dealkylation sites (tertiary alicyclic amines) is 2. The second-order valence-corrected chi connectivity index (χ2v) is 8.19. The normalized spacial score (nSPS) is 21.5. The maximum atomic E-state index is 13.0. The van der Waals surface area contributed by atoms with E-state index < -0.39 is 0 Å². The lowest BCUT2D eigenvalue weighted by molar-refractivity contribution is -0.137. The monoisotopic (exact) mass is 382 g/mol. The van der Waals surface area contributed by atoms with Gasteiger partial charge in [0.05, 0.1) is 12.5 Å². The summed E-state index contributed by atoms with van der Waals surface area (Å²) in [7, 11) is 0. The van der Waals surface area contributed by atoms with Crippen molar-refractivity contribution in [2.75, 3.05) is 26.2 Å². The van der Waals surface area contributed by atoms with Gasteiger partial charge in [-0.1, -0.05) is 41.8 Å². The third-order valence-corrected chi connectivity index (χ3v) is 5.88. The number of aromatic nitrogens is 2. The van der Waals surface area contributed by atoms with Crippen LogP contribution in [0.1, 0.15) is 50.0 Å². The molecule has 2 aromatic rings. The minimum atomic E-state index is 0.103. The molecule has 0 bridgehead atoms. The molecule has 2 aliphatic heterocycles. The molecule has 0 saturated carbocycles. The fourth-order valence-electron chi connectivity index (χ4n) is 4.36. The Balaban J connectivity index is 1.37. The van der Waals surface area contributed by atoms with Gasteiger partial charge in [0.25, 0.3) is 0 Å². The van der Waals surface area contributed by atoms with Gasteiger partial charge in [-0.2, -0.15) is 4.98 Å². The number of hydrogen-bond donors (Lipinski definition) is 0. The van der Waals surface area contributed by atoms with Gasteiger partial charge in [-0.25, -0.2) is 0 Å². The van der Waals surface area contributed by atoms with E-state index >= 15 is 0 Å². The SMILES string of the molecule is Cc1cccc(-c2noc(CN3CCCC(C(=O)N4CCCCCC4)C3)n2)c1. The number of carbonyl (C=O) groups is 1. The average Bonchev–Trinajstić information content (AvgIpc) is 3.00. The first-order chi connectivity index (χ1) is 13.7. The molecule has 0 aliphatic carbocycles. The Morgan fingerprint density at radius 1 is 1.14 bits per heavy atom. The van der Waals surface area contributed by atoms with E-state index in [-0.39, 0.29) is 5.92 Å². The van der Waals surface area contributed by atoms with Gasteiger partial charge in [0.1, 0.15) is 0 Å². The Kier molecular flexibility index (Phi) is 6.05. The summed E-state index contributed by atoms with van der Waals surface area (Å²) in [6.07, 6.45) is 6.83. The average molecular weight is 383 g/mol. The molecule has 0 radical (unpaired) electrons. The van der Waals surface area contributed by atoms with Crippen LogP contribution < -0.4 is 0 Å². The molecule has 6 heteroatoms. The highest BCUT2D eigenvalue weighted by Crippen LogP contribution is 2.23. The molecule has 150 valence electrons. The summed E-state index contributed by atoms with van der Waals surface area (Å²) in [6.45, 7) is 6.30. The molecule has 2 fully saturated rings. The van der Waals surface area contributed by atoms with E-state index in [9.17, 15) is 4.79 Å². The van der Waals surface area contributed by atoms with Gasteiger partial charge >= 0.3 is 0 Å². The zero-order chi connectivity index (χ0) is 19.3. The Hall–Kier alpha value is -2.21. The molecule has 1 amide bonds. The highest BCUT2D eigenvalue weighted by molar-refractivity contribution is 5.79. The lowest BCUT2D eigenvalue weighted by Gasteiger charge is -2.34. The van der Waals surface area contributed by atoms with Crippen molar-refractivity contribution >= 4 is 5.91 Å². The van der Waals surface area contributed by atoms with Crippen molar-refractivity contribution in [2.45, 2.75) is 52.0 Å². The van der Waals surface area contributed by atoms with Crippen molar-refractivity contribution in [1.82, 2.24) is 19.9 Å². The fourth-order valence-corrected chi connectivity index (χ4v) is 4.36. The Bertz CT molecular complexity index is 795. The van der Waals surface area contributed by atoms with Gasteiger partial charge in [-0.05, 0) is 45.2 Å². The highest BCUT2D eigenvalue weighted by Gasteiger charge is 2.30. The van der Waals surface area contributed by atoms with Crippen LogP contribution in [0.25, 0.3) is 11.4 Å². The fraction of sp³-hybridized carbons (Fsp3) is 0.591. The minimum Gasteiger partial charge on any atom is -0.342 e. The highest BCUT2D eigenvalue weighted by atomic mass is 16.5. The molecule has 0 spiro atoms. The van der Waals surface area contributed by atoms with Crippen molar-refractivity contribution in [2.24, 2.45) is 5.92 Å². The molecular weight excluding hydrogens is 352 g/mol. The lowest BCUT2D eigenvalue weighted by atomic mass is 9.96. The quantitative estimate of drug-likeness (QED) is 0.807. The maximum absolute atomic E-state index is 13.0. The third kappa shape index (κ3) is 4.61. The summed E-state index contributed by atoms with van der Waals surface area (Å²) in [5, 5.41) is 4.14. The van der Waals surface area contributed by atoms with Gasteiger partial charge in [-0.3, -0.25) is 9.69 Å². The first kappa shape index (κ1) is 19.1. The van der Waals surface area contributed by atoms with Crippen molar-refractivity contribution in [3.63, 3.8) is 0 Å². The van der Waals surface area contributed by atoms with E-state index in [4.69, 9.17) is 4.52 Å². The Labute approximate surface area is 166 Å². The predicted octanol–water partition coefficient (Wildman–Crippen LogP) is 3.66. The number of carbonyl (C=O) groups excluding carboxylic acids is 1. The summed E-state index contributed by atoms with van der Waals surface area (Å²) in [6, 6.07) is 8.12. The van der Waals surface area contributed by atoms with Crippen LogP contribution in [0.2, 0.25) is 0 Å². The molecule has 28 heavy (non-hydrogen) atoms. The largest absolute Gasteiger partial charge is 0.342 e. The second-order valence-electron chi connectivity index (χ2n) is 8.19. The van der Waals surface area contributed by atoms with E-state index in [0.717, 1.165) is 57.4 Å². The van der Waals surface area contributed by atoms with Crippen LogP contribution >= 0.6 is 0 Å². The topological polar surface area (TPSA) is 62.5 Å². The van der Waals surface area contributed by atoms with Gasteiger partial charge in [0.15, 0.2) is 0 Å². The molecule has 1 unspecified atom stereocenters. The molecule has 3 heterocycles. The van der Waals surface area contributed by atoms with Crippen LogP contribution in [0.15, 0.2) is 28.8 Å². The molecule has 1 aromatic heterocycles. The Morgan fingerprint density at radius 2 is 1.96 bits per heavy atom. The van der Waals surface area contributed by atoms with Crippen molar-refractivity contribution in [3.8, 4) is 11.4 Å². The van der Waals surface area contributed by atoms with E-state index in [1.807, 2.05) is 12.1 Å². The zero-order valence-electron chi connectivity index (χ0n) is 16.8. The minimum absolute atomic E-state index is 0.103. The van der Waals surface area contributed by atoms with Crippen LogP contribution in [0.5, 0.6) is 0 Å². The molecule has 6 nitrogen and oxygen atoms in total. The van der Waals surface area contributed by atoms with E-state index in [0.29, 0.717) is 24.2 Å². The molecule has 2 saturated heterocycles. The van der Waals surface area contributed by atoms with Crippen molar-refractivity contribution < 1.29 is 9.32 Å². The van der Waals surface area contributed by atoms with E-state index in [2.05, 4.69) is 39.0 Å². The standard InChI is InChI=1S/C22H30N4O2/c1-17-8-6-9-18(14-17)21-23-20(28-24-21)16-25-11-7-10-19(15-25)22(27)26-12-4-2-3-5-13-26/h6,8-9,14,19H,2-5,7,10-13,15-16H2,1H3. The molecule has 2 aliphatic rings. The number of rotatable bonds is 4. The molecular formula is C22H30N4O2. The summed E-state index contributed by atoms with van der Waals surface area (Å²) in [5.41, 5.74) is 2.15. The number of nitrogens with zero attached hydrogens (tertiary/aromatic N) is 4. The molecule has 1 aromatic carbocycles. The Morgan fingerprint density at radius 3 is 2.75 bits per heavy atom. The maximum Gasteiger partial charge on any atom is 0.241 e. The summed E-state index contributed by atoms with van der Waals surface area (Å²) >= 11 is 0. The number of hydrogen-bond acceptors (Lipinski definition) is 5. The number of amides is 1. The van der Waals surface area contributed by atoms with Crippen LogP contribution in [0.3, 0.4) is 0 Å². The number of aryl methyl sites for hydroxylation is 1. The van der Waals surface area contributed by atoms with Gasteiger partial charge in [-0.15, -0.1) is 0 Å². The lowest BCUT2D eigenvalue weighted by Crippen LogP contribution is -2.44. The van der Waals surface area contributed by atoms with E-state index in [1.54, 1.807) is 0 Å². The smallest absolute Gasteiger partial charge is 0.241 e. The van der Waals surface area contributed by atoms with E-state index in [1.165, 1.54) is 18.4 Å². The first-order valence-corrected chi connectivity index (χ1v) is 10.6. The third-order valence-electron chi connectivity index (χ3n) is 5.88. The summed E-state index contributed by atoms with van der Waals surface area (Å²) < 4.78 is 5.49.